The molecule has 136 valence electrons. The van der Waals surface area contributed by atoms with Crippen molar-refractivity contribution >= 4 is 11.8 Å². The lowest BCUT2D eigenvalue weighted by Gasteiger charge is -2.25. The minimum atomic E-state index is -1.07. The SMILES string of the molecule is C=CCOC(=O)C1(CCOCc2ccc(OC)cc2)C[C@@H](C)CC1=O. The molecule has 5 nitrogen and oxygen atoms in total. The van der Waals surface area contributed by atoms with Crippen molar-refractivity contribution in [2.75, 3.05) is 20.3 Å². The predicted molar refractivity (Wildman–Crippen MR) is 94.3 cm³/mol. The van der Waals surface area contributed by atoms with Gasteiger partial charge in [0.1, 0.15) is 17.8 Å². The summed E-state index contributed by atoms with van der Waals surface area (Å²) in [6.45, 7) is 6.40. The normalized spacial score (nSPS) is 22.6. The molecule has 0 heterocycles. The van der Waals surface area contributed by atoms with Crippen molar-refractivity contribution in [2.45, 2.75) is 32.8 Å². The van der Waals surface area contributed by atoms with Crippen molar-refractivity contribution in [3.63, 3.8) is 0 Å². The summed E-state index contributed by atoms with van der Waals surface area (Å²) in [4.78, 5) is 24.9. The molecule has 0 aliphatic heterocycles. The first-order valence-electron chi connectivity index (χ1n) is 8.54. The van der Waals surface area contributed by atoms with Crippen LogP contribution in [0.3, 0.4) is 0 Å². The Morgan fingerprint density at radius 1 is 1.36 bits per heavy atom. The van der Waals surface area contributed by atoms with E-state index in [4.69, 9.17) is 14.2 Å². The van der Waals surface area contributed by atoms with Crippen molar-refractivity contribution in [1.29, 1.82) is 0 Å². The van der Waals surface area contributed by atoms with Gasteiger partial charge in [-0.25, -0.2) is 0 Å². The van der Waals surface area contributed by atoms with Crippen molar-refractivity contribution in [3.8, 4) is 5.75 Å². The Kier molecular flexibility index (Phi) is 6.76. The van der Waals surface area contributed by atoms with Gasteiger partial charge in [-0.15, -0.1) is 0 Å². The largest absolute Gasteiger partial charge is 0.497 e. The molecule has 0 N–H and O–H groups in total. The van der Waals surface area contributed by atoms with Crippen LogP contribution in [0, 0.1) is 11.3 Å². The molecule has 0 saturated heterocycles. The molecule has 1 aliphatic carbocycles. The summed E-state index contributed by atoms with van der Waals surface area (Å²) in [5.41, 5.74) is -0.0577. The van der Waals surface area contributed by atoms with Crippen LogP contribution in [0.1, 0.15) is 31.7 Å². The molecule has 1 saturated carbocycles. The average molecular weight is 346 g/mol. The second-order valence-electron chi connectivity index (χ2n) is 6.56. The molecule has 0 amide bonds. The maximum atomic E-state index is 12.5. The van der Waals surface area contributed by atoms with Crippen LogP contribution >= 0.6 is 0 Å². The number of Topliss-reactive ketones (excluding diaryl/α,β-unsaturated/α-hetero) is 1. The van der Waals surface area contributed by atoms with Crippen LogP contribution < -0.4 is 4.74 Å². The second kappa shape index (κ2) is 8.81. The van der Waals surface area contributed by atoms with Gasteiger partial charge in [0.25, 0.3) is 0 Å². The number of carbonyl (C=O) groups is 2. The van der Waals surface area contributed by atoms with Gasteiger partial charge in [-0.3, -0.25) is 9.59 Å². The van der Waals surface area contributed by atoms with Gasteiger partial charge in [0.05, 0.1) is 13.7 Å². The Labute approximate surface area is 149 Å². The molecular weight excluding hydrogens is 320 g/mol. The summed E-state index contributed by atoms with van der Waals surface area (Å²) < 4.78 is 16.0. The van der Waals surface area contributed by atoms with E-state index in [0.29, 0.717) is 32.5 Å². The molecule has 2 rings (SSSR count). The predicted octanol–water partition coefficient (Wildman–Crippen LogP) is 3.32. The molecular formula is C20H26O5. The Balaban J connectivity index is 1.92. The van der Waals surface area contributed by atoms with Crippen LogP contribution in [0.5, 0.6) is 5.75 Å². The topological polar surface area (TPSA) is 61.8 Å². The summed E-state index contributed by atoms with van der Waals surface area (Å²) >= 11 is 0. The summed E-state index contributed by atoms with van der Waals surface area (Å²) in [5.74, 6) is 0.487. The minimum absolute atomic E-state index is 0.0397. The van der Waals surface area contributed by atoms with E-state index in [1.54, 1.807) is 7.11 Å². The highest BCUT2D eigenvalue weighted by Crippen LogP contribution is 2.42. The van der Waals surface area contributed by atoms with E-state index >= 15 is 0 Å². The van der Waals surface area contributed by atoms with Crippen molar-refractivity contribution < 1.29 is 23.8 Å². The molecule has 0 radical (unpaired) electrons. The van der Waals surface area contributed by atoms with E-state index < -0.39 is 11.4 Å². The monoisotopic (exact) mass is 346 g/mol. The van der Waals surface area contributed by atoms with Crippen LogP contribution in [0.2, 0.25) is 0 Å². The van der Waals surface area contributed by atoms with Gasteiger partial charge in [-0.05, 0) is 36.5 Å². The highest BCUT2D eigenvalue weighted by Gasteiger charge is 2.51. The number of hydrogen-bond donors (Lipinski definition) is 0. The second-order valence-corrected chi connectivity index (χ2v) is 6.56. The highest BCUT2D eigenvalue weighted by molar-refractivity contribution is 6.05. The maximum Gasteiger partial charge on any atom is 0.320 e. The lowest BCUT2D eigenvalue weighted by molar-refractivity contribution is -0.159. The van der Waals surface area contributed by atoms with E-state index in [0.717, 1.165) is 11.3 Å². The lowest BCUT2D eigenvalue weighted by atomic mass is 9.81. The van der Waals surface area contributed by atoms with Crippen LogP contribution in [0.4, 0.5) is 0 Å². The van der Waals surface area contributed by atoms with Gasteiger partial charge in [0, 0.05) is 13.0 Å². The third kappa shape index (κ3) is 4.69. The van der Waals surface area contributed by atoms with Crippen LogP contribution in [-0.2, 0) is 25.7 Å². The number of rotatable bonds is 9. The molecule has 2 atom stereocenters. The Morgan fingerprint density at radius 2 is 2.08 bits per heavy atom. The standard InChI is InChI=1S/C20H26O5/c1-4-10-25-19(22)20(13-15(2)12-18(20)21)9-11-24-14-16-5-7-17(23-3)8-6-16/h4-8,15H,1,9-14H2,2-3H3/t15-,20?/m0/s1. The summed E-state index contributed by atoms with van der Waals surface area (Å²) in [6.07, 6.45) is 2.80. The highest BCUT2D eigenvalue weighted by atomic mass is 16.5. The number of hydrogen-bond acceptors (Lipinski definition) is 5. The number of esters is 1. The first kappa shape index (κ1) is 19.2. The van der Waals surface area contributed by atoms with E-state index in [-0.39, 0.29) is 18.3 Å². The van der Waals surface area contributed by atoms with E-state index in [1.165, 1.54) is 6.08 Å². The fourth-order valence-corrected chi connectivity index (χ4v) is 3.26. The third-order valence-electron chi connectivity index (χ3n) is 4.59. The van der Waals surface area contributed by atoms with Crippen LogP contribution in [0.15, 0.2) is 36.9 Å². The molecule has 0 bridgehead atoms. The van der Waals surface area contributed by atoms with Crippen molar-refractivity contribution in [2.24, 2.45) is 11.3 Å². The summed E-state index contributed by atoms with van der Waals surface area (Å²) in [5, 5.41) is 0. The van der Waals surface area contributed by atoms with E-state index in [2.05, 4.69) is 6.58 Å². The Morgan fingerprint density at radius 3 is 2.64 bits per heavy atom. The smallest absolute Gasteiger partial charge is 0.320 e. The maximum absolute atomic E-state index is 12.5. The van der Waals surface area contributed by atoms with Crippen molar-refractivity contribution in [1.82, 2.24) is 0 Å². The number of benzene rings is 1. The first-order chi connectivity index (χ1) is 12.0. The molecule has 1 aliphatic rings. The molecule has 1 aromatic carbocycles. The van der Waals surface area contributed by atoms with Crippen LogP contribution in [0.25, 0.3) is 0 Å². The number of ether oxygens (including phenoxy) is 3. The Bertz CT molecular complexity index is 607. The fraction of sp³-hybridized carbons (Fsp3) is 0.500. The molecule has 5 heteroatoms. The zero-order chi connectivity index (χ0) is 18.3. The van der Waals surface area contributed by atoms with Gasteiger partial charge in [0.2, 0.25) is 0 Å². The van der Waals surface area contributed by atoms with Gasteiger partial charge >= 0.3 is 5.97 Å². The summed E-state index contributed by atoms with van der Waals surface area (Å²) in [6, 6.07) is 7.59. The molecule has 1 unspecified atom stereocenters. The molecule has 0 aromatic heterocycles. The minimum Gasteiger partial charge on any atom is -0.497 e. The summed E-state index contributed by atoms with van der Waals surface area (Å²) in [7, 11) is 1.62. The third-order valence-corrected chi connectivity index (χ3v) is 4.59. The van der Waals surface area contributed by atoms with Crippen LogP contribution in [-0.4, -0.2) is 32.1 Å². The zero-order valence-corrected chi connectivity index (χ0v) is 15.0. The van der Waals surface area contributed by atoms with Gasteiger partial charge in [-0.1, -0.05) is 31.7 Å². The van der Waals surface area contributed by atoms with E-state index in [1.807, 2.05) is 31.2 Å². The lowest BCUT2D eigenvalue weighted by Crippen LogP contribution is -2.38. The Hall–Kier alpha value is -2.14. The number of methoxy groups -OCH3 is 1. The van der Waals surface area contributed by atoms with Gasteiger partial charge in [-0.2, -0.15) is 0 Å². The fourth-order valence-electron chi connectivity index (χ4n) is 3.26. The zero-order valence-electron chi connectivity index (χ0n) is 15.0. The first-order valence-corrected chi connectivity index (χ1v) is 8.54. The molecule has 1 aromatic rings. The van der Waals surface area contributed by atoms with Crippen molar-refractivity contribution in [3.05, 3.63) is 42.5 Å². The molecule has 25 heavy (non-hydrogen) atoms. The van der Waals surface area contributed by atoms with E-state index in [9.17, 15) is 9.59 Å². The quantitative estimate of drug-likeness (QED) is 0.297. The number of ketones is 1. The van der Waals surface area contributed by atoms with Gasteiger partial charge < -0.3 is 14.2 Å². The number of carbonyl (C=O) groups excluding carboxylic acids is 2. The average Bonchev–Trinajstić information content (AvgIpc) is 2.91. The molecule has 0 spiro atoms. The van der Waals surface area contributed by atoms with Gasteiger partial charge in [0.15, 0.2) is 5.78 Å². The molecule has 1 fully saturated rings.